The Morgan fingerprint density at radius 1 is 1.13 bits per heavy atom. The van der Waals surface area contributed by atoms with Crippen LogP contribution in [0.1, 0.15) is 46.1 Å². The third-order valence-electron chi connectivity index (χ3n) is 6.36. The molecule has 1 fully saturated rings. The second kappa shape index (κ2) is 8.01. The van der Waals surface area contributed by atoms with Crippen LogP contribution in [0.3, 0.4) is 0 Å². The van der Waals surface area contributed by atoms with Crippen LogP contribution < -0.4 is 10.6 Å². The minimum atomic E-state index is -0.230. The summed E-state index contributed by atoms with van der Waals surface area (Å²) in [6.45, 7) is 2.32. The highest BCUT2D eigenvalue weighted by molar-refractivity contribution is 5.92. The largest absolute Gasteiger partial charge is 0.370 e. The Labute approximate surface area is 175 Å². The number of amides is 1. The molecule has 1 spiro atoms. The molecule has 0 unspecified atom stereocenters. The van der Waals surface area contributed by atoms with Gasteiger partial charge in [0.05, 0.1) is 18.8 Å². The maximum absolute atomic E-state index is 12.9. The van der Waals surface area contributed by atoms with E-state index in [-0.39, 0.29) is 23.5 Å². The van der Waals surface area contributed by atoms with E-state index in [1.54, 1.807) is 18.5 Å². The Hall–Kier alpha value is -3.03. The van der Waals surface area contributed by atoms with Crippen molar-refractivity contribution in [3.63, 3.8) is 0 Å². The monoisotopic (exact) mass is 403 g/mol. The van der Waals surface area contributed by atoms with Gasteiger partial charge in [-0.15, -0.1) is 0 Å². The van der Waals surface area contributed by atoms with Gasteiger partial charge in [0, 0.05) is 24.0 Å². The number of hydrogen-bond acceptors (Lipinski definition) is 5. The Bertz CT molecular complexity index is 999. The number of carbonyl (C=O) groups excluding carboxylic acids is 1. The third kappa shape index (κ3) is 3.30. The Kier molecular flexibility index (Phi) is 5.06. The van der Waals surface area contributed by atoms with Crippen LogP contribution in [0.2, 0.25) is 0 Å². The Morgan fingerprint density at radius 3 is 2.77 bits per heavy atom. The second-order valence-corrected chi connectivity index (χ2v) is 8.01. The van der Waals surface area contributed by atoms with Gasteiger partial charge in [-0.25, -0.2) is 0 Å². The van der Waals surface area contributed by atoms with Crippen molar-refractivity contribution < 1.29 is 9.53 Å². The minimum absolute atomic E-state index is 0.129. The van der Waals surface area contributed by atoms with Crippen molar-refractivity contribution in [2.75, 3.05) is 13.1 Å². The van der Waals surface area contributed by atoms with Crippen molar-refractivity contribution in [2.45, 2.75) is 37.0 Å². The molecule has 0 radical (unpaired) electrons. The summed E-state index contributed by atoms with van der Waals surface area (Å²) in [7, 11) is 0. The first-order chi connectivity index (χ1) is 14.8. The molecule has 3 N–H and O–H groups in total. The SMILES string of the molecule is O=C(N[C@@H]1c2ccccc2C2(CCNCC2)[C@H]1OCc1cccnc1)c1ccn[nH]1. The molecule has 3 aromatic rings. The molecule has 0 saturated carbocycles. The summed E-state index contributed by atoms with van der Waals surface area (Å²) < 4.78 is 6.59. The van der Waals surface area contributed by atoms with Gasteiger partial charge in [-0.3, -0.25) is 14.9 Å². The predicted octanol–water partition coefficient (Wildman–Crippen LogP) is 2.50. The van der Waals surface area contributed by atoms with Gasteiger partial charge in [0.1, 0.15) is 5.69 Å². The molecule has 2 aromatic heterocycles. The van der Waals surface area contributed by atoms with Crippen LogP contribution in [-0.2, 0) is 16.8 Å². The van der Waals surface area contributed by atoms with Crippen molar-refractivity contribution in [3.8, 4) is 0 Å². The molecule has 1 saturated heterocycles. The summed E-state index contributed by atoms with van der Waals surface area (Å²) >= 11 is 0. The van der Waals surface area contributed by atoms with E-state index in [0.717, 1.165) is 37.1 Å². The van der Waals surface area contributed by atoms with Gasteiger partial charge in [0.25, 0.3) is 5.91 Å². The molecule has 3 heterocycles. The van der Waals surface area contributed by atoms with E-state index in [0.29, 0.717) is 12.3 Å². The first-order valence-electron chi connectivity index (χ1n) is 10.4. The maximum atomic E-state index is 12.9. The van der Waals surface area contributed by atoms with Crippen LogP contribution >= 0.6 is 0 Å². The Morgan fingerprint density at radius 2 is 2.00 bits per heavy atom. The van der Waals surface area contributed by atoms with E-state index in [4.69, 9.17) is 4.74 Å². The molecule has 154 valence electrons. The number of nitrogens with zero attached hydrogens (tertiary/aromatic N) is 2. The van der Waals surface area contributed by atoms with Gasteiger partial charge in [-0.1, -0.05) is 30.3 Å². The number of carbonyl (C=O) groups is 1. The normalized spacial score (nSPS) is 22.0. The number of piperidine rings is 1. The highest BCUT2D eigenvalue weighted by atomic mass is 16.5. The zero-order valence-corrected chi connectivity index (χ0v) is 16.7. The maximum Gasteiger partial charge on any atom is 0.269 e. The number of ether oxygens (including phenoxy) is 1. The van der Waals surface area contributed by atoms with Crippen LogP contribution in [0, 0.1) is 0 Å². The fourth-order valence-electron chi connectivity index (χ4n) is 4.96. The summed E-state index contributed by atoms with van der Waals surface area (Å²) in [4.78, 5) is 17.1. The van der Waals surface area contributed by atoms with Gasteiger partial charge in [-0.2, -0.15) is 5.10 Å². The van der Waals surface area contributed by atoms with Crippen LogP contribution in [-0.4, -0.2) is 40.3 Å². The van der Waals surface area contributed by atoms with E-state index >= 15 is 0 Å². The number of rotatable bonds is 5. The fraction of sp³-hybridized carbons (Fsp3) is 0.348. The van der Waals surface area contributed by atoms with Crippen molar-refractivity contribution in [2.24, 2.45) is 0 Å². The molecule has 30 heavy (non-hydrogen) atoms. The van der Waals surface area contributed by atoms with Gasteiger partial charge in [0.2, 0.25) is 0 Å². The lowest BCUT2D eigenvalue weighted by molar-refractivity contribution is -0.0363. The lowest BCUT2D eigenvalue weighted by Gasteiger charge is -2.41. The number of nitrogens with one attached hydrogen (secondary N) is 3. The van der Waals surface area contributed by atoms with Crippen molar-refractivity contribution in [1.82, 2.24) is 25.8 Å². The molecule has 1 aliphatic carbocycles. The molecule has 2 atom stereocenters. The number of benzene rings is 1. The first-order valence-corrected chi connectivity index (χ1v) is 10.4. The van der Waals surface area contributed by atoms with E-state index in [2.05, 4.69) is 44.0 Å². The van der Waals surface area contributed by atoms with Crippen molar-refractivity contribution >= 4 is 5.91 Å². The zero-order valence-electron chi connectivity index (χ0n) is 16.7. The van der Waals surface area contributed by atoms with Crippen molar-refractivity contribution in [1.29, 1.82) is 0 Å². The molecule has 1 aromatic carbocycles. The lowest BCUT2D eigenvalue weighted by atomic mass is 9.72. The van der Waals surface area contributed by atoms with Crippen LogP contribution in [0.25, 0.3) is 0 Å². The highest BCUT2D eigenvalue weighted by Gasteiger charge is 2.53. The molecule has 1 aliphatic heterocycles. The number of H-pyrrole nitrogens is 1. The van der Waals surface area contributed by atoms with E-state index in [1.807, 2.05) is 24.4 Å². The van der Waals surface area contributed by atoms with E-state index in [1.165, 1.54) is 5.56 Å². The summed E-state index contributed by atoms with van der Waals surface area (Å²) in [5, 5.41) is 13.4. The Balaban J connectivity index is 1.50. The quantitative estimate of drug-likeness (QED) is 0.609. The molecule has 2 aliphatic rings. The molecule has 7 nitrogen and oxygen atoms in total. The van der Waals surface area contributed by atoms with Crippen LogP contribution in [0.5, 0.6) is 0 Å². The lowest BCUT2D eigenvalue weighted by Crippen LogP contribution is -2.49. The number of aromatic amines is 1. The second-order valence-electron chi connectivity index (χ2n) is 8.01. The first kappa shape index (κ1) is 19.0. The van der Waals surface area contributed by atoms with E-state index < -0.39 is 0 Å². The highest BCUT2D eigenvalue weighted by Crippen LogP contribution is 2.51. The minimum Gasteiger partial charge on any atom is -0.370 e. The topological polar surface area (TPSA) is 91.9 Å². The number of fused-ring (bicyclic) bond motifs is 2. The molecule has 7 heteroatoms. The zero-order chi connectivity index (χ0) is 20.4. The predicted molar refractivity (Wildman–Crippen MR) is 112 cm³/mol. The third-order valence-corrected chi connectivity index (χ3v) is 6.36. The summed E-state index contributed by atoms with van der Waals surface area (Å²) in [6.07, 6.45) is 6.95. The van der Waals surface area contributed by atoms with Crippen LogP contribution in [0.4, 0.5) is 0 Å². The standard InChI is InChI=1S/C23H25N5O2/c29-22(19-7-11-26-28-19)27-20-17-5-1-2-6-18(17)23(8-12-24-13-9-23)21(20)30-15-16-4-3-10-25-14-16/h1-7,10-11,14,20-21,24H,8-9,12-13,15H2,(H,26,28)(H,27,29)/t20-,21+/m1/s1. The average Bonchev–Trinajstić information content (AvgIpc) is 3.41. The van der Waals surface area contributed by atoms with Gasteiger partial charge in [0.15, 0.2) is 0 Å². The van der Waals surface area contributed by atoms with Gasteiger partial charge >= 0.3 is 0 Å². The number of pyridine rings is 1. The average molecular weight is 403 g/mol. The molecular weight excluding hydrogens is 378 g/mol. The fourth-order valence-corrected chi connectivity index (χ4v) is 4.96. The molecule has 5 rings (SSSR count). The van der Waals surface area contributed by atoms with Gasteiger partial charge in [-0.05, 0) is 54.8 Å². The van der Waals surface area contributed by atoms with Crippen LogP contribution in [0.15, 0.2) is 61.1 Å². The molecular formula is C23H25N5O2. The smallest absolute Gasteiger partial charge is 0.269 e. The van der Waals surface area contributed by atoms with Gasteiger partial charge < -0.3 is 15.4 Å². The summed E-state index contributed by atoms with van der Waals surface area (Å²) in [6, 6.07) is 13.8. The summed E-state index contributed by atoms with van der Waals surface area (Å²) in [5.74, 6) is -0.173. The van der Waals surface area contributed by atoms with Crippen molar-refractivity contribution in [3.05, 3.63) is 83.4 Å². The molecule has 1 amide bonds. The summed E-state index contributed by atoms with van der Waals surface area (Å²) in [5.41, 5.74) is 3.78. The molecule has 0 bridgehead atoms. The number of aromatic nitrogens is 3. The number of hydrogen-bond donors (Lipinski definition) is 3. The van der Waals surface area contributed by atoms with E-state index in [9.17, 15) is 4.79 Å².